The molecule has 0 bridgehead atoms. The minimum absolute atomic E-state index is 0.159. The average Bonchev–Trinajstić information content (AvgIpc) is 2.82. The van der Waals surface area contributed by atoms with Crippen LogP contribution in [0.1, 0.15) is 0 Å². The Morgan fingerprint density at radius 1 is 1.00 bits per heavy atom. The molecule has 0 spiro atoms. The maximum atomic E-state index is 13.5. The number of halogens is 2. The fraction of sp³-hybridized carbons (Fsp3) is 0. The molecule has 0 amide bonds. The summed E-state index contributed by atoms with van der Waals surface area (Å²) < 4.78 is 30.9. The molecule has 2 aromatic carbocycles. The molecule has 0 saturated carbocycles. The van der Waals surface area contributed by atoms with Crippen LogP contribution in [-0.2, 0) is 0 Å². The number of fused-ring (bicyclic) bond motifs is 1. The van der Waals surface area contributed by atoms with Crippen LogP contribution in [0.5, 0.6) is 0 Å². The van der Waals surface area contributed by atoms with Crippen LogP contribution in [0.15, 0.2) is 41.0 Å². The molecule has 3 rings (SSSR count). The van der Waals surface area contributed by atoms with Crippen LogP contribution >= 0.6 is 0 Å². The lowest BCUT2D eigenvalue weighted by Crippen LogP contribution is -1.95. The predicted octanol–water partition coefficient (Wildman–Crippen LogP) is 3.24. The number of hydrogen-bond acceptors (Lipinski definition) is 4. The van der Waals surface area contributed by atoms with E-state index in [1.807, 2.05) is 0 Å². The molecule has 0 aliphatic rings. The highest BCUT2D eigenvalue weighted by atomic mass is 19.1. The van der Waals surface area contributed by atoms with Crippen molar-refractivity contribution in [3.8, 4) is 0 Å². The molecule has 3 aromatic rings. The molecule has 0 radical (unpaired) electrons. The largest absolute Gasteiger partial charge is 0.351 e. The minimum atomic E-state index is -0.677. The van der Waals surface area contributed by atoms with E-state index in [-0.39, 0.29) is 5.69 Å². The van der Waals surface area contributed by atoms with E-state index in [1.54, 1.807) is 18.2 Å². The third-order valence-corrected chi connectivity index (χ3v) is 2.49. The van der Waals surface area contributed by atoms with Gasteiger partial charge in [0.1, 0.15) is 17.2 Å². The Balaban J connectivity index is 2.03. The van der Waals surface area contributed by atoms with Gasteiger partial charge in [-0.3, -0.25) is 0 Å². The Bertz CT molecular complexity index is 711. The van der Waals surface area contributed by atoms with Crippen molar-refractivity contribution in [1.82, 2.24) is 10.3 Å². The van der Waals surface area contributed by atoms with Gasteiger partial charge in [-0.2, -0.15) is 0 Å². The molecule has 0 aliphatic heterocycles. The molecule has 0 saturated heterocycles. The first-order valence-corrected chi connectivity index (χ1v) is 5.17. The number of anilines is 2. The van der Waals surface area contributed by atoms with E-state index >= 15 is 0 Å². The number of aromatic nitrogens is 2. The number of benzene rings is 2. The number of nitrogens with zero attached hydrogens (tertiary/aromatic N) is 2. The molecule has 6 heteroatoms. The van der Waals surface area contributed by atoms with Crippen molar-refractivity contribution in [3.63, 3.8) is 0 Å². The van der Waals surface area contributed by atoms with Gasteiger partial charge < -0.3 is 5.32 Å². The van der Waals surface area contributed by atoms with Crippen molar-refractivity contribution in [2.45, 2.75) is 0 Å². The zero-order valence-electron chi connectivity index (χ0n) is 9.02. The molecule has 0 aliphatic carbocycles. The summed E-state index contributed by atoms with van der Waals surface area (Å²) >= 11 is 0. The maximum Gasteiger partial charge on any atom is 0.158 e. The second-order valence-electron chi connectivity index (χ2n) is 3.69. The molecule has 0 fully saturated rings. The summed E-state index contributed by atoms with van der Waals surface area (Å²) in [7, 11) is 0. The lowest BCUT2D eigenvalue weighted by Gasteiger charge is -2.07. The van der Waals surface area contributed by atoms with Crippen molar-refractivity contribution >= 4 is 22.4 Å². The second-order valence-corrected chi connectivity index (χ2v) is 3.69. The van der Waals surface area contributed by atoms with E-state index in [4.69, 9.17) is 0 Å². The molecule has 4 nitrogen and oxygen atoms in total. The monoisotopic (exact) mass is 247 g/mol. The smallest absolute Gasteiger partial charge is 0.158 e. The third-order valence-electron chi connectivity index (χ3n) is 2.49. The van der Waals surface area contributed by atoms with E-state index in [0.29, 0.717) is 16.7 Å². The average molecular weight is 247 g/mol. The van der Waals surface area contributed by atoms with Gasteiger partial charge in [0.05, 0.1) is 11.4 Å². The summed E-state index contributed by atoms with van der Waals surface area (Å²) in [5, 5.41) is 10.2. The quantitative estimate of drug-likeness (QED) is 0.755. The molecule has 0 unspecified atom stereocenters. The van der Waals surface area contributed by atoms with Gasteiger partial charge in [-0.25, -0.2) is 13.4 Å². The summed E-state index contributed by atoms with van der Waals surface area (Å²) in [5.74, 6) is -1.30. The lowest BCUT2D eigenvalue weighted by atomic mass is 10.2. The highest BCUT2D eigenvalue weighted by Crippen LogP contribution is 2.25. The topological polar surface area (TPSA) is 51.0 Å². The Kier molecular flexibility index (Phi) is 2.40. The maximum absolute atomic E-state index is 13.5. The van der Waals surface area contributed by atoms with Gasteiger partial charge in [-0.05, 0) is 34.6 Å². The predicted molar refractivity (Wildman–Crippen MR) is 61.4 cm³/mol. The first-order valence-electron chi connectivity index (χ1n) is 5.17. The summed E-state index contributed by atoms with van der Waals surface area (Å²) in [4.78, 5) is 0. The van der Waals surface area contributed by atoms with Crippen LogP contribution in [-0.4, -0.2) is 10.3 Å². The number of rotatable bonds is 2. The van der Waals surface area contributed by atoms with E-state index in [9.17, 15) is 8.78 Å². The number of nitrogens with one attached hydrogen (secondary N) is 1. The van der Waals surface area contributed by atoms with Gasteiger partial charge in [0, 0.05) is 6.07 Å². The van der Waals surface area contributed by atoms with Crippen molar-refractivity contribution in [1.29, 1.82) is 0 Å². The molecule has 1 aromatic heterocycles. The second kappa shape index (κ2) is 4.06. The third kappa shape index (κ3) is 1.77. The molecule has 0 atom stereocenters. The van der Waals surface area contributed by atoms with Gasteiger partial charge in [-0.15, -0.1) is 0 Å². The normalized spacial score (nSPS) is 10.8. The Hall–Kier alpha value is -2.50. The van der Waals surface area contributed by atoms with Gasteiger partial charge in [0.2, 0.25) is 0 Å². The van der Waals surface area contributed by atoms with Gasteiger partial charge in [-0.1, -0.05) is 6.07 Å². The number of hydrogen-bond donors (Lipinski definition) is 1. The van der Waals surface area contributed by atoms with E-state index in [0.717, 1.165) is 6.07 Å². The van der Waals surface area contributed by atoms with Crippen LogP contribution in [0.4, 0.5) is 20.2 Å². The van der Waals surface area contributed by atoms with Crippen LogP contribution in [0, 0.1) is 11.6 Å². The summed E-state index contributed by atoms with van der Waals surface area (Å²) in [6, 6.07) is 8.46. The fourth-order valence-electron chi connectivity index (χ4n) is 1.64. The van der Waals surface area contributed by atoms with Gasteiger partial charge in [0.25, 0.3) is 0 Å². The van der Waals surface area contributed by atoms with E-state index < -0.39 is 11.6 Å². The molecule has 1 heterocycles. The zero-order chi connectivity index (χ0) is 12.5. The van der Waals surface area contributed by atoms with E-state index in [2.05, 4.69) is 20.3 Å². The summed E-state index contributed by atoms with van der Waals surface area (Å²) in [5.41, 5.74) is 1.75. The lowest BCUT2D eigenvalue weighted by molar-refractivity contribution is 0.315. The van der Waals surface area contributed by atoms with Crippen molar-refractivity contribution < 1.29 is 13.4 Å². The van der Waals surface area contributed by atoms with Crippen LogP contribution < -0.4 is 5.32 Å². The van der Waals surface area contributed by atoms with E-state index in [1.165, 1.54) is 12.1 Å². The van der Waals surface area contributed by atoms with Gasteiger partial charge >= 0.3 is 0 Å². The first-order chi connectivity index (χ1) is 8.74. The standard InChI is InChI=1S/C12H7F2N3O/c13-7-4-5-9(8(14)6-7)15-10-2-1-3-11-12(10)17-18-16-11/h1-6,15H. The Labute approximate surface area is 100 Å². The summed E-state index contributed by atoms with van der Waals surface area (Å²) in [6.45, 7) is 0. The van der Waals surface area contributed by atoms with Crippen molar-refractivity contribution in [2.75, 3.05) is 5.32 Å². The van der Waals surface area contributed by atoms with Crippen molar-refractivity contribution in [3.05, 3.63) is 48.0 Å². The Morgan fingerprint density at radius 3 is 2.72 bits per heavy atom. The molecular formula is C12H7F2N3O. The highest BCUT2D eigenvalue weighted by Gasteiger charge is 2.09. The minimum Gasteiger partial charge on any atom is -0.351 e. The highest BCUT2D eigenvalue weighted by molar-refractivity contribution is 5.89. The molecule has 90 valence electrons. The van der Waals surface area contributed by atoms with Crippen LogP contribution in [0.3, 0.4) is 0 Å². The Morgan fingerprint density at radius 2 is 1.89 bits per heavy atom. The summed E-state index contributed by atoms with van der Waals surface area (Å²) in [6.07, 6.45) is 0. The first kappa shape index (κ1) is 10.6. The molecule has 18 heavy (non-hydrogen) atoms. The SMILES string of the molecule is Fc1ccc(Nc2cccc3nonc23)c(F)c1. The molecule has 1 N–H and O–H groups in total. The van der Waals surface area contributed by atoms with Crippen molar-refractivity contribution in [2.24, 2.45) is 0 Å². The fourth-order valence-corrected chi connectivity index (χ4v) is 1.64. The van der Waals surface area contributed by atoms with Crippen LogP contribution in [0.2, 0.25) is 0 Å². The van der Waals surface area contributed by atoms with Crippen LogP contribution in [0.25, 0.3) is 11.0 Å². The molecular weight excluding hydrogens is 240 g/mol. The zero-order valence-corrected chi connectivity index (χ0v) is 9.02. The van der Waals surface area contributed by atoms with Gasteiger partial charge in [0.15, 0.2) is 5.52 Å².